The molecule has 3 rings (SSSR count). The van der Waals surface area contributed by atoms with Gasteiger partial charge >= 0.3 is 12.1 Å². The van der Waals surface area contributed by atoms with E-state index in [0.29, 0.717) is 49.1 Å². The zero-order valence-corrected chi connectivity index (χ0v) is 21.4. The summed E-state index contributed by atoms with van der Waals surface area (Å²) >= 11 is 0. The van der Waals surface area contributed by atoms with Gasteiger partial charge in [0.05, 0.1) is 24.9 Å². The van der Waals surface area contributed by atoms with Crippen LogP contribution in [0.15, 0.2) is 30.5 Å². The van der Waals surface area contributed by atoms with E-state index in [0.717, 1.165) is 0 Å². The van der Waals surface area contributed by atoms with Crippen molar-refractivity contribution in [3.05, 3.63) is 47.3 Å². The van der Waals surface area contributed by atoms with Crippen molar-refractivity contribution in [1.29, 1.82) is 0 Å². The Morgan fingerprint density at radius 2 is 1.78 bits per heavy atom. The van der Waals surface area contributed by atoms with Crippen molar-refractivity contribution in [2.45, 2.75) is 39.8 Å². The van der Waals surface area contributed by atoms with Gasteiger partial charge in [-0.3, -0.25) is 9.59 Å². The predicted octanol–water partition coefficient (Wildman–Crippen LogP) is 2.58. The van der Waals surface area contributed by atoms with Crippen molar-refractivity contribution in [2.75, 3.05) is 44.7 Å². The molecule has 0 spiro atoms. The van der Waals surface area contributed by atoms with Crippen molar-refractivity contribution < 1.29 is 29.0 Å². The highest BCUT2D eigenvalue weighted by Crippen LogP contribution is 2.22. The van der Waals surface area contributed by atoms with E-state index >= 15 is 0 Å². The number of benzene rings is 1. The summed E-state index contributed by atoms with van der Waals surface area (Å²) in [7, 11) is 1.52. The third-order valence-corrected chi connectivity index (χ3v) is 5.58. The molecule has 1 N–H and O–H groups in total. The molecule has 0 atom stereocenters. The molecule has 36 heavy (non-hydrogen) atoms. The fourth-order valence-corrected chi connectivity index (χ4v) is 3.80. The number of methoxy groups -OCH3 is 1. The number of carbonyl (C=O) groups is 3. The van der Waals surface area contributed by atoms with E-state index in [1.165, 1.54) is 18.2 Å². The highest BCUT2D eigenvalue weighted by molar-refractivity contribution is 5.96. The number of hydrogen-bond donors (Lipinski definition) is 1. The van der Waals surface area contributed by atoms with Crippen LogP contribution in [-0.4, -0.2) is 88.3 Å². The SMILES string of the molecule is COc1ccccc1CN(CC(=O)O)C(=O)c1cnc(N2CCN(C(=O)OC(C)(C)C)CC2)nc1C. The number of aryl methyl sites for hydroxylation is 1. The second-order valence-corrected chi connectivity index (χ2v) is 9.49. The van der Waals surface area contributed by atoms with Crippen LogP contribution >= 0.6 is 0 Å². The van der Waals surface area contributed by atoms with Crippen molar-refractivity contribution in [3.8, 4) is 5.75 Å². The Hall–Kier alpha value is -3.89. The zero-order valence-electron chi connectivity index (χ0n) is 21.4. The minimum absolute atomic E-state index is 0.0585. The molecule has 1 aliphatic rings. The second kappa shape index (κ2) is 11.2. The second-order valence-electron chi connectivity index (χ2n) is 9.49. The van der Waals surface area contributed by atoms with Crippen LogP contribution in [0.3, 0.4) is 0 Å². The molecule has 1 aromatic carbocycles. The average molecular weight is 500 g/mol. The third kappa shape index (κ3) is 6.83. The maximum absolute atomic E-state index is 13.3. The highest BCUT2D eigenvalue weighted by Gasteiger charge is 2.28. The molecule has 2 amide bonds. The molecule has 11 heteroatoms. The van der Waals surface area contributed by atoms with Crippen LogP contribution in [0, 0.1) is 6.92 Å². The van der Waals surface area contributed by atoms with Gasteiger partial charge in [-0.15, -0.1) is 0 Å². The first-order valence-electron chi connectivity index (χ1n) is 11.7. The van der Waals surface area contributed by atoms with E-state index < -0.39 is 24.0 Å². The molecular weight excluding hydrogens is 466 g/mol. The van der Waals surface area contributed by atoms with Gasteiger partial charge in [-0.2, -0.15) is 0 Å². The smallest absolute Gasteiger partial charge is 0.410 e. The molecular formula is C25H33N5O6. The van der Waals surface area contributed by atoms with Crippen molar-refractivity contribution in [2.24, 2.45) is 0 Å². The van der Waals surface area contributed by atoms with Gasteiger partial charge in [0.25, 0.3) is 5.91 Å². The number of aliphatic carboxylic acids is 1. The fourth-order valence-electron chi connectivity index (χ4n) is 3.80. The van der Waals surface area contributed by atoms with E-state index in [4.69, 9.17) is 9.47 Å². The topological polar surface area (TPSA) is 125 Å². The van der Waals surface area contributed by atoms with Gasteiger partial charge in [0.15, 0.2) is 0 Å². The summed E-state index contributed by atoms with van der Waals surface area (Å²) in [5, 5.41) is 9.39. The number of amides is 2. The minimum atomic E-state index is -1.13. The zero-order chi connectivity index (χ0) is 26.5. The van der Waals surface area contributed by atoms with Crippen molar-refractivity contribution >= 4 is 23.9 Å². The fraction of sp³-hybridized carbons (Fsp3) is 0.480. The summed E-state index contributed by atoms with van der Waals surface area (Å²) in [5.74, 6) is -0.602. The number of ether oxygens (including phenoxy) is 2. The summed E-state index contributed by atoms with van der Waals surface area (Å²) in [6.45, 7) is 8.71. The molecule has 0 aliphatic carbocycles. The molecule has 2 heterocycles. The molecule has 2 aromatic rings. The average Bonchev–Trinajstić information content (AvgIpc) is 2.82. The molecule has 0 radical (unpaired) electrons. The number of carbonyl (C=O) groups excluding carboxylic acids is 2. The predicted molar refractivity (Wildman–Crippen MR) is 132 cm³/mol. The monoisotopic (exact) mass is 499 g/mol. The minimum Gasteiger partial charge on any atom is -0.496 e. The molecule has 1 saturated heterocycles. The summed E-state index contributed by atoms with van der Waals surface area (Å²) < 4.78 is 10.8. The normalized spacial score (nSPS) is 13.8. The summed E-state index contributed by atoms with van der Waals surface area (Å²) in [6, 6.07) is 7.14. The lowest BCUT2D eigenvalue weighted by Crippen LogP contribution is -2.50. The van der Waals surface area contributed by atoms with Gasteiger partial charge in [-0.05, 0) is 33.8 Å². The Kier molecular flexibility index (Phi) is 8.33. The van der Waals surface area contributed by atoms with Crippen LogP contribution in [0.4, 0.5) is 10.7 Å². The molecule has 1 aromatic heterocycles. The quantitative estimate of drug-likeness (QED) is 0.612. The standard InChI is InChI=1S/C25H33N5O6/c1-17-19(22(33)30(16-21(31)32)15-18-8-6-7-9-20(18)35-5)14-26-23(27-17)28-10-12-29(13-11-28)24(34)36-25(2,3)4/h6-9,14H,10-13,15-16H2,1-5H3,(H,31,32). The van der Waals surface area contributed by atoms with Crippen LogP contribution < -0.4 is 9.64 Å². The first-order valence-corrected chi connectivity index (χ1v) is 11.7. The molecule has 0 unspecified atom stereocenters. The Labute approximate surface area is 210 Å². The lowest BCUT2D eigenvalue weighted by Gasteiger charge is -2.35. The molecule has 0 bridgehead atoms. The van der Waals surface area contributed by atoms with Gasteiger partial charge in [-0.25, -0.2) is 14.8 Å². The number of nitrogens with zero attached hydrogens (tertiary/aromatic N) is 5. The van der Waals surface area contributed by atoms with Crippen molar-refractivity contribution in [3.63, 3.8) is 0 Å². The van der Waals surface area contributed by atoms with E-state index in [-0.39, 0.29) is 18.2 Å². The lowest BCUT2D eigenvalue weighted by molar-refractivity contribution is -0.137. The first-order chi connectivity index (χ1) is 17.0. The highest BCUT2D eigenvalue weighted by atomic mass is 16.6. The van der Waals surface area contributed by atoms with Gasteiger partial charge in [0.2, 0.25) is 5.95 Å². The first kappa shape index (κ1) is 26.7. The number of carboxylic acid groups (broad SMARTS) is 1. The number of piperazine rings is 1. The summed E-state index contributed by atoms with van der Waals surface area (Å²) in [6.07, 6.45) is 1.07. The van der Waals surface area contributed by atoms with E-state index in [1.54, 1.807) is 36.1 Å². The maximum atomic E-state index is 13.3. The van der Waals surface area contributed by atoms with Crippen LogP contribution in [-0.2, 0) is 16.1 Å². The number of anilines is 1. The van der Waals surface area contributed by atoms with E-state index in [9.17, 15) is 19.5 Å². The summed E-state index contributed by atoms with van der Waals surface area (Å²) in [4.78, 5) is 50.8. The molecule has 0 saturated carbocycles. The number of para-hydroxylation sites is 1. The Bertz CT molecular complexity index is 1110. The number of carboxylic acids is 1. The molecule has 1 fully saturated rings. The van der Waals surface area contributed by atoms with Gasteiger partial charge in [0, 0.05) is 37.9 Å². The number of hydrogen-bond acceptors (Lipinski definition) is 8. The Balaban J connectivity index is 1.72. The van der Waals surface area contributed by atoms with Crippen LogP contribution in [0.5, 0.6) is 5.75 Å². The third-order valence-electron chi connectivity index (χ3n) is 5.58. The van der Waals surface area contributed by atoms with Crippen LogP contribution in [0.1, 0.15) is 42.4 Å². The Morgan fingerprint density at radius 1 is 1.11 bits per heavy atom. The molecule has 11 nitrogen and oxygen atoms in total. The van der Waals surface area contributed by atoms with Gasteiger partial charge in [-0.1, -0.05) is 18.2 Å². The molecule has 1 aliphatic heterocycles. The van der Waals surface area contributed by atoms with Gasteiger partial charge in [0.1, 0.15) is 17.9 Å². The largest absolute Gasteiger partial charge is 0.496 e. The van der Waals surface area contributed by atoms with E-state index in [2.05, 4.69) is 9.97 Å². The van der Waals surface area contributed by atoms with Crippen LogP contribution in [0.25, 0.3) is 0 Å². The van der Waals surface area contributed by atoms with Crippen molar-refractivity contribution in [1.82, 2.24) is 19.8 Å². The van der Waals surface area contributed by atoms with Gasteiger partial charge < -0.3 is 29.3 Å². The number of aromatic nitrogens is 2. The molecule has 194 valence electrons. The maximum Gasteiger partial charge on any atom is 0.410 e. The van der Waals surface area contributed by atoms with Crippen LogP contribution in [0.2, 0.25) is 0 Å². The number of rotatable bonds is 7. The lowest BCUT2D eigenvalue weighted by atomic mass is 10.1. The Morgan fingerprint density at radius 3 is 2.36 bits per heavy atom. The summed E-state index contributed by atoms with van der Waals surface area (Å²) in [5.41, 5.74) is 0.793. The van der Waals surface area contributed by atoms with E-state index in [1.807, 2.05) is 25.7 Å².